The summed E-state index contributed by atoms with van der Waals surface area (Å²) in [4.78, 5) is 26.3. The largest absolute Gasteiger partial charge is 0.323 e. The number of para-hydroxylation sites is 2. The number of fused-ring (bicyclic) bond motifs is 1. The monoisotopic (exact) mass is 341 g/mol. The van der Waals surface area contributed by atoms with E-state index >= 15 is 0 Å². The molecule has 1 aromatic carbocycles. The van der Waals surface area contributed by atoms with Crippen LogP contribution in [0.2, 0.25) is 0 Å². The molecule has 0 aliphatic carbocycles. The average Bonchev–Trinajstić information content (AvgIpc) is 2.97. The lowest BCUT2D eigenvalue weighted by atomic mass is 10.1. The molecule has 2 aromatic rings. The molecule has 0 spiro atoms. The topological polar surface area (TPSA) is 79.3 Å². The van der Waals surface area contributed by atoms with Gasteiger partial charge in [0.25, 0.3) is 0 Å². The van der Waals surface area contributed by atoms with Gasteiger partial charge in [0.1, 0.15) is 6.54 Å². The van der Waals surface area contributed by atoms with Crippen LogP contribution in [-0.2, 0) is 16.1 Å². The summed E-state index contributed by atoms with van der Waals surface area (Å²) in [5.74, 6) is -0.301. The minimum absolute atomic E-state index is 0.0363. The van der Waals surface area contributed by atoms with Crippen LogP contribution >= 0.6 is 0 Å². The first-order valence-electron chi connectivity index (χ1n) is 8.39. The molecule has 7 nitrogen and oxygen atoms in total. The summed E-state index contributed by atoms with van der Waals surface area (Å²) in [6, 6.07) is 6.99. The predicted octanol–water partition coefficient (Wildman–Crippen LogP) is 1.54. The number of aromatic nitrogens is 2. The lowest BCUT2D eigenvalue weighted by molar-refractivity contribution is -0.123. The Morgan fingerprint density at radius 3 is 2.84 bits per heavy atom. The first-order chi connectivity index (χ1) is 11.9. The molecule has 0 fully saturated rings. The van der Waals surface area contributed by atoms with Gasteiger partial charge in [-0.1, -0.05) is 12.1 Å². The van der Waals surface area contributed by atoms with Crippen LogP contribution in [0, 0.1) is 6.92 Å². The van der Waals surface area contributed by atoms with Gasteiger partial charge in [-0.2, -0.15) is 5.10 Å². The maximum Gasteiger partial charge on any atom is 0.244 e. The molecule has 1 aliphatic heterocycles. The molecule has 0 bridgehead atoms. The van der Waals surface area contributed by atoms with Crippen molar-refractivity contribution < 1.29 is 9.59 Å². The zero-order valence-electron chi connectivity index (χ0n) is 14.7. The standard InChI is InChI=1S/C18H23N5O2/c1-12-8-19-22(9-12)10-13(2)20-14(3)18(25)23-11-17(24)21-15-6-4-5-7-16(15)23/h4-9,13-14,20H,10-11H2,1-3H3,(H,21,24). The van der Waals surface area contributed by atoms with Gasteiger partial charge in [0.15, 0.2) is 0 Å². The second kappa shape index (κ2) is 7.06. The Bertz CT molecular complexity index is 785. The van der Waals surface area contributed by atoms with E-state index in [1.807, 2.05) is 56.0 Å². The minimum atomic E-state index is -0.411. The number of nitrogens with zero attached hydrogens (tertiary/aromatic N) is 3. The number of aryl methyl sites for hydroxylation is 1. The molecular weight excluding hydrogens is 318 g/mol. The molecule has 132 valence electrons. The molecule has 0 saturated heterocycles. The van der Waals surface area contributed by atoms with Crippen LogP contribution in [0.4, 0.5) is 11.4 Å². The summed E-state index contributed by atoms with van der Waals surface area (Å²) < 4.78 is 1.85. The number of nitrogens with one attached hydrogen (secondary N) is 2. The van der Waals surface area contributed by atoms with E-state index in [0.717, 1.165) is 11.3 Å². The van der Waals surface area contributed by atoms with Crippen LogP contribution in [0.15, 0.2) is 36.7 Å². The molecule has 0 saturated carbocycles. The number of benzene rings is 1. The number of anilines is 2. The fraction of sp³-hybridized carbons (Fsp3) is 0.389. The van der Waals surface area contributed by atoms with Crippen LogP contribution in [0.1, 0.15) is 19.4 Å². The molecule has 7 heteroatoms. The Labute approximate surface area is 147 Å². The third-order valence-corrected chi connectivity index (χ3v) is 4.16. The van der Waals surface area contributed by atoms with Crippen molar-refractivity contribution >= 4 is 23.2 Å². The van der Waals surface area contributed by atoms with Gasteiger partial charge >= 0.3 is 0 Å². The Kier molecular flexibility index (Phi) is 4.85. The number of hydrogen-bond donors (Lipinski definition) is 2. The molecular formula is C18H23N5O2. The highest BCUT2D eigenvalue weighted by molar-refractivity contribution is 6.11. The SMILES string of the molecule is Cc1cnn(CC(C)NC(C)C(=O)N2CC(=O)Nc3ccccc32)c1. The van der Waals surface area contributed by atoms with Gasteiger partial charge in [0.05, 0.1) is 30.2 Å². The van der Waals surface area contributed by atoms with E-state index < -0.39 is 6.04 Å². The Hall–Kier alpha value is -2.67. The van der Waals surface area contributed by atoms with Crippen molar-refractivity contribution in [1.29, 1.82) is 0 Å². The zero-order valence-corrected chi connectivity index (χ0v) is 14.7. The molecule has 2 amide bonds. The van der Waals surface area contributed by atoms with Crippen LogP contribution in [-0.4, -0.2) is 40.2 Å². The first-order valence-corrected chi connectivity index (χ1v) is 8.39. The molecule has 2 atom stereocenters. The van der Waals surface area contributed by atoms with E-state index in [9.17, 15) is 9.59 Å². The van der Waals surface area contributed by atoms with E-state index in [2.05, 4.69) is 15.7 Å². The fourth-order valence-electron chi connectivity index (χ4n) is 3.06. The van der Waals surface area contributed by atoms with Crippen LogP contribution in [0.3, 0.4) is 0 Å². The zero-order chi connectivity index (χ0) is 18.0. The fourth-order valence-corrected chi connectivity index (χ4v) is 3.06. The predicted molar refractivity (Wildman–Crippen MR) is 96.4 cm³/mol. The van der Waals surface area contributed by atoms with Crippen molar-refractivity contribution in [3.8, 4) is 0 Å². The maximum absolute atomic E-state index is 12.9. The summed E-state index contributed by atoms with van der Waals surface area (Å²) >= 11 is 0. The van der Waals surface area contributed by atoms with Gasteiger partial charge in [-0.15, -0.1) is 0 Å². The van der Waals surface area contributed by atoms with E-state index in [0.29, 0.717) is 12.2 Å². The quantitative estimate of drug-likeness (QED) is 0.865. The molecule has 2 unspecified atom stereocenters. The number of hydrogen-bond acceptors (Lipinski definition) is 4. The van der Waals surface area contributed by atoms with Gasteiger partial charge in [-0.25, -0.2) is 0 Å². The Balaban J connectivity index is 1.67. The highest BCUT2D eigenvalue weighted by Crippen LogP contribution is 2.29. The molecule has 25 heavy (non-hydrogen) atoms. The Morgan fingerprint density at radius 2 is 2.12 bits per heavy atom. The second-order valence-corrected chi connectivity index (χ2v) is 6.52. The van der Waals surface area contributed by atoms with Crippen molar-refractivity contribution in [3.63, 3.8) is 0 Å². The molecule has 2 N–H and O–H groups in total. The summed E-state index contributed by atoms with van der Waals surface area (Å²) in [7, 11) is 0. The van der Waals surface area contributed by atoms with Gasteiger partial charge in [-0.3, -0.25) is 19.2 Å². The van der Waals surface area contributed by atoms with Gasteiger partial charge in [-0.05, 0) is 38.5 Å². The van der Waals surface area contributed by atoms with Crippen molar-refractivity contribution in [2.24, 2.45) is 0 Å². The van der Waals surface area contributed by atoms with Crippen molar-refractivity contribution in [1.82, 2.24) is 15.1 Å². The van der Waals surface area contributed by atoms with Crippen LogP contribution in [0.5, 0.6) is 0 Å². The molecule has 2 heterocycles. The number of rotatable bonds is 5. The summed E-state index contributed by atoms with van der Waals surface area (Å²) in [6.07, 6.45) is 3.78. The van der Waals surface area contributed by atoms with Crippen LogP contribution < -0.4 is 15.5 Å². The van der Waals surface area contributed by atoms with Gasteiger partial charge in [0, 0.05) is 12.2 Å². The average molecular weight is 341 g/mol. The normalized spacial score (nSPS) is 16.1. The third kappa shape index (κ3) is 3.88. The summed E-state index contributed by atoms with van der Waals surface area (Å²) in [6.45, 7) is 6.53. The number of amides is 2. The van der Waals surface area contributed by atoms with E-state index in [-0.39, 0.29) is 24.4 Å². The summed E-state index contributed by atoms with van der Waals surface area (Å²) in [5.41, 5.74) is 2.50. The van der Waals surface area contributed by atoms with E-state index in [1.54, 1.807) is 6.07 Å². The second-order valence-electron chi connectivity index (χ2n) is 6.52. The number of carbonyl (C=O) groups is 2. The third-order valence-electron chi connectivity index (χ3n) is 4.16. The van der Waals surface area contributed by atoms with Crippen molar-refractivity contribution in [2.75, 3.05) is 16.8 Å². The lowest BCUT2D eigenvalue weighted by Gasteiger charge is -2.32. The van der Waals surface area contributed by atoms with E-state index in [1.165, 1.54) is 4.90 Å². The maximum atomic E-state index is 12.9. The van der Waals surface area contributed by atoms with E-state index in [4.69, 9.17) is 0 Å². The smallest absolute Gasteiger partial charge is 0.244 e. The van der Waals surface area contributed by atoms with Gasteiger partial charge < -0.3 is 10.6 Å². The molecule has 3 rings (SSSR count). The highest BCUT2D eigenvalue weighted by Gasteiger charge is 2.29. The molecule has 1 aromatic heterocycles. The first kappa shape index (κ1) is 17.2. The minimum Gasteiger partial charge on any atom is -0.323 e. The number of carbonyl (C=O) groups excluding carboxylic acids is 2. The van der Waals surface area contributed by atoms with Crippen molar-refractivity contribution in [2.45, 2.75) is 39.4 Å². The highest BCUT2D eigenvalue weighted by atomic mass is 16.2. The van der Waals surface area contributed by atoms with Gasteiger partial charge in [0.2, 0.25) is 11.8 Å². The Morgan fingerprint density at radius 1 is 1.36 bits per heavy atom. The molecule has 0 radical (unpaired) electrons. The molecule has 1 aliphatic rings. The van der Waals surface area contributed by atoms with Crippen molar-refractivity contribution in [3.05, 3.63) is 42.2 Å². The summed E-state index contributed by atoms with van der Waals surface area (Å²) in [5, 5.41) is 10.4. The lowest BCUT2D eigenvalue weighted by Crippen LogP contribution is -2.52. The van der Waals surface area contributed by atoms with Crippen LogP contribution in [0.25, 0.3) is 0 Å².